The molecule has 2 aromatic rings. The second-order valence-electron chi connectivity index (χ2n) is 8.77. The molecule has 0 spiro atoms. The largest absolute Gasteiger partial charge is 0.324 e. The van der Waals surface area contributed by atoms with Crippen LogP contribution in [0.1, 0.15) is 17.2 Å². The number of carbonyl (C=O) groups is 1. The van der Waals surface area contributed by atoms with Gasteiger partial charge in [0, 0.05) is 51.5 Å². The fraction of sp³-hybridized carbons (Fsp3) is 0.458. The maximum absolute atomic E-state index is 13.4. The maximum atomic E-state index is 13.4. The molecule has 2 heterocycles. The smallest absolute Gasteiger partial charge is 0.246 e. The van der Waals surface area contributed by atoms with Gasteiger partial charge in [0.25, 0.3) is 0 Å². The van der Waals surface area contributed by atoms with Gasteiger partial charge < -0.3 is 10.2 Å². The first-order valence-corrected chi connectivity index (χ1v) is 13.0. The molecule has 2 fully saturated rings. The Kier molecular flexibility index (Phi) is 7.25. The number of benzene rings is 2. The number of hydrogen-bond acceptors (Lipinski definition) is 6. The van der Waals surface area contributed by atoms with E-state index in [9.17, 15) is 13.2 Å². The number of nitrogens with one attached hydrogen (secondary N) is 1. The summed E-state index contributed by atoms with van der Waals surface area (Å²) < 4.78 is 23.8. The minimum Gasteiger partial charge on any atom is -0.324 e. The molecule has 0 aliphatic carbocycles. The lowest BCUT2D eigenvalue weighted by Crippen LogP contribution is -2.46. The monoisotopic (exact) mass is 456 g/mol. The predicted molar refractivity (Wildman–Crippen MR) is 127 cm³/mol. The zero-order chi connectivity index (χ0) is 22.6. The van der Waals surface area contributed by atoms with Crippen LogP contribution in [0.2, 0.25) is 0 Å². The van der Waals surface area contributed by atoms with E-state index in [2.05, 4.69) is 28.2 Å². The van der Waals surface area contributed by atoms with E-state index in [-0.39, 0.29) is 17.4 Å². The van der Waals surface area contributed by atoms with Gasteiger partial charge in [0.2, 0.25) is 5.91 Å². The van der Waals surface area contributed by atoms with E-state index >= 15 is 0 Å². The first kappa shape index (κ1) is 22.9. The molecule has 0 radical (unpaired) electrons. The summed E-state index contributed by atoms with van der Waals surface area (Å²) >= 11 is 0. The molecule has 0 aromatic heterocycles. The zero-order valence-electron chi connectivity index (χ0n) is 18.6. The van der Waals surface area contributed by atoms with Crippen LogP contribution in [0, 0.1) is 0 Å². The van der Waals surface area contributed by atoms with Gasteiger partial charge in [-0.05, 0) is 30.3 Å². The Bertz CT molecular complexity index is 1010. The Hall–Kier alpha value is -2.26. The summed E-state index contributed by atoms with van der Waals surface area (Å²) in [5.41, 5.74) is 2.82. The molecular weight excluding hydrogens is 424 g/mol. The van der Waals surface area contributed by atoms with Crippen molar-refractivity contribution in [3.05, 3.63) is 65.7 Å². The maximum Gasteiger partial charge on any atom is 0.246 e. The van der Waals surface area contributed by atoms with Crippen molar-refractivity contribution in [2.24, 2.45) is 0 Å². The van der Waals surface area contributed by atoms with Crippen LogP contribution < -0.4 is 5.32 Å². The molecule has 1 atom stereocenters. The molecule has 8 heteroatoms. The second kappa shape index (κ2) is 10.1. The molecular formula is C24H32N4O3S. The van der Waals surface area contributed by atoms with Crippen molar-refractivity contribution in [1.82, 2.24) is 14.7 Å². The third-order valence-electron chi connectivity index (χ3n) is 6.30. The molecule has 1 unspecified atom stereocenters. The lowest BCUT2D eigenvalue weighted by molar-refractivity contribution is -0.121. The van der Waals surface area contributed by atoms with Crippen molar-refractivity contribution >= 4 is 21.4 Å². The standard InChI is InChI=1S/C24H32N4O3S/c1-26-10-12-27(13-11-26)19-20-6-5-9-22(18-20)25-24(29)23(21-7-3-2-4-8-21)28-14-16-32(30,31)17-15-28/h2-9,18,23H,10-17,19H2,1H3,(H,25,29). The lowest BCUT2D eigenvalue weighted by Gasteiger charge is -2.34. The molecule has 32 heavy (non-hydrogen) atoms. The molecule has 7 nitrogen and oxygen atoms in total. The van der Waals surface area contributed by atoms with E-state index in [4.69, 9.17) is 0 Å². The van der Waals surface area contributed by atoms with Crippen LogP contribution in [0.3, 0.4) is 0 Å². The number of nitrogens with zero attached hydrogens (tertiary/aromatic N) is 3. The predicted octanol–water partition coefficient (Wildman–Crippen LogP) is 1.84. The van der Waals surface area contributed by atoms with Crippen LogP contribution in [0.15, 0.2) is 54.6 Å². The molecule has 1 amide bonds. The molecule has 2 saturated heterocycles. The van der Waals surface area contributed by atoms with Crippen molar-refractivity contribution in [3.63, 3.8) is 0 Å². The SMILES string of the molecule is CN1CCN(Cc2cccc(NC(=O)C(c3ccccc3)N3CCS(=O)(=O)CC3)c2)CC1. The van der Waals surface area contributed by atoms with Gasteiger partial charge in [-0.1, -0.05) is 42.5 Å². The van der Waals surface area contributed by atoms with E-state index in [1.807, 2.05) is 53.4 Å². The van der Waals surface area contributed by atoms with E-state index in [1.54, 1.807) is 0 Å². The van der Waals surface area contributed by atoms with Crippen LogP contribution in [0.5, 0.6) is 0 Å². The summed E-state index contributed by atoms with van der Waals surface area (Å²) in [4.78, 5) is 20.1. The van der Waals surface area contributed by atoms with Gasteiger partial charge in [0.15, 0.2) is 9.84 Å². The van der Waals surface area contributed by atoms with Crippen LogP contribution in [0.25, 0.3) is 0 Å². The summed E-state index contributed by atoms with van der Waals surface area (Å²) in [7, 11) is -0.873. The zero-order valence-corrected chi connectivity index (χ0v) is 19.4. The topological polar surface area (TPSA) is 73.0 Å². The van der Waals surface area contributed by atoms with Crippen molar-refractivity contribution in [1.29, 1.82) is 0 Å². The number of rotatable bonds is 6. The van der Waals surface area contributed by atoms with E-state index < -0.39 is 15.9 Å². The van der Waals surface area contributed by atoms with Gasteiger partial charge in [-0.15, -0.1) is 0 Å². The highest BCUT2D eigenvalue weighted by Gasteiger charge is 2.32. The Balaban J connectivity index is 1.47. The molecule has 0 saturated carbocycles. The average molecular weight is 457 g/mol. The summed E-state index contributed by atoms with van der Waals surface area (Å²) in [6.07, 6.45) is 0. The molecule has 172 valence electrons. The van der Waals surface area contributed by atoms with Crippen LogP contribution >= 0.6 is 0 Å². The Morgan fingerprint density at radius 1 is 0.938 bits per heavy atom. The highest BCUT2D eigenvalue weighted by atomic mass is 32.2. The molecule has 2 aliphatic rings. The third-order valence-corrected chi connectivity index (χ3v) is 7.91. The quantitative estimate of drug-likeness (QED) is 0.715. The van der Waals surface area contributed by atoms with Gasteiger partial charge in [0.05, 0.1) is 11.5 Å². The molecule has 2 aliphatic heterocycles. The van der Waals surface area contributed by atoms with Gasteiger partial charge in [-0.2, -0.15) is 0 Å². The van der Waals surface area contributed by atoms with Crippen LogP contribution in [0.4, 0.5) is 5.69 Å². The summed E-state index contributed by atoms with van der Waals surface area (Å²) in [6.45, 7) is 5.81. The highest BCUT2D eigenvalue weighted by molar-refractivity contribution is 7.91. The van der Waals surface area contributed by atoms with E-state index in [0.717, 1.165) is 44.0 Å². The second-order valence-corrected chi connectivity index (χ2v) is 11.1. The van der Waals surface area contributed by atoms with Crippen LogP contribution in [-0.2, 0) is 21.2 Å². The van der Waals surface area contributed by atoms with Gasteiger partial charge in [-0.25, -0.2) is 8.42 Å². The normalized spacial score (nSPS) is 21.2. The van der Waals surface area contributed by atoms with Crippen molar-refractivity contribution in [3.8, 4) is 0 Å². The number of piperazine rings is 1. The summed E-state index contributed by atoms with van der Waals surface area (Å²) in [5, 5.41) is 3.09. The molecule has 1 N–H and O–H groups in total. The first-order chi connectivity index (χ1) is 15.4. The number of sulfone groups is 1. The molecule has 4 rings (SSSR count). The van der Waals surface area contributed by atoms with E-state index in [0.29, 0.717) is 13.1 Å². The van der Waals surface area contributed by atoms with Crippen LogP contribution in [-0.4, -0.2) is 86.8 Å². The first-order valence-electron chi connectivity index (χ1n) is 11.2. The van der Waals surface area contributed by atoms with Gasteiger partial charge >= 0.3 is 0 Å². The fourth-order valence-electron chi connectivity index (χ4n) is 4.37. The number of hydrogen-bond donors (Lipinski definition) is 1. The fourth-order valence-corrected chi connectivity index (χ4v) is 5.60. The van der Waals surface area contributed by atoms with Crippen molar-refractivity contribution < 1.29 is 13.2 Å². The minimum atomic E-state index is -3.02. The number of carbonyl (C=O) groups excluding carboxylic acids is 1. The number of likely N-dealkylation sites (N-methyl/N-ethyl adjacent to an activating group) is 1. The highest BCUT2D eigenvalue weighted by Crippen LogP contribution is 2.25. The van der Waals surface area contributed by atoms with E-state index in [1.165, 1.54) is 5.56 Å². The molecule has 2 aromatic carbocycles. The number of amides is 1. The minimum absolute atomic E-state index is 0.0874. The Morgan fingerprint density at radius 2 is 1.62 bits per heavy atom. The van der Waals surface area contributed by atoms with Gasteiger partial charge in [0.1, 0.15) is 6.04 Å². The van der Waals surface area contributed by atoms with Gasteiger partial charge in [-0.3, -0.25) is 14.6 Å². The lowest BCUT2D eigenvalue weighted by atomic mass is 10.0. The summed E-state index contributed by atoms with van der Waals surface area (Å²) in [6, 6.07) is 17.1. The average Bonchev–Trinajstić information content (AvgIpc) is 2.78. The Labute approximate surface area is 190 Å². The molecule has 0 bridgehead atoms. The number of anilines is 1. The third kappa shape index (κ3) is 5.95. The Morgan fingerprint density at radius 3 is 2.31 bits per heavy atom. The van der Waals surface area contributed by atoms with Crippen molar-refractivity contribution in [2.75, 3.05) is 63.1 Å². The van der Waals surface area contributed by atoms with Crippen molar-refractivity contribution in [2.45, 2.75) is 12.6 Å². The summed E-state index contributed by atoms with van der Waals surface area (Å²) in [5.74, 6) is 0.0427.